The zero-order valence-electron chi connectivity index (χ0n) is 13.5. The fraction of sp³-hybridized carbons (Fsp3) is 0. The molecule has 0 aliphatic rings. The molecule has 0 spiro atoms. The van der Waals surface area contributed by atoms with Crippen molar-refractivity contribution in [1.82, 2.24) is 4.98 Å². The van der Waals surface area contributed by atoms with Crippen molar-refractivity contribution in [3.63, 3.8) is 0 Å². The summed E-state index contributed by atoms with van der Waals surface area (Å²) in [6.45, 7) is 0. The van der Waals surface area contributed by atoms with E-state index in [9.17, 15) is 14.7 Å². The molecule has 3 aromatic carbocycles. The lowest BCUT2D eigenvalue weighted by Crippen LogP contribution is -2.24. The Bertz CT molecular complexity index is 1100. The van der Waals surface area contributed by atoms with Gasteiger partial charge in [-0.15, -0.1) is 11.3 Å². The van der Waals surface area contributed by atoms with Crippen LogP contribution < -0.4 is 15.4 Å². The Kier molecular flexibility index (Phi) is 4.15. The maximum absolute atomic E-state index is 14.2. The molecule has 0 saturated carbocycles. The second-order valence-electron chi connectivity index (χ2n) is 5.69. The molecule has 0 N–H and O–H groups in total. The summed E-state index contributed by atoms with van der Waals surface area (Å²) in [4.78, 5) is 15.2. The maximum Gasteiger partial charge on any atom is 0.270 e. The second-order valence-corrected chi connectivity index (χ2v) is 9.69. The summed E-state index contributed by atoms with van der Waals surface area (Å²) >= 11 is 1.25. The Morgan fingerprint density at radius 3 is 2.00 bits per heavy atom. The average molecular weight is 380 g/mol. The zero-order chi connectivity index (χ0) is 18.1. The summed E-state index contributed by atoms with van der Waals surface area (Å²) in [5, 5.41) is 12.4. The van der Waals surface area contributed by atoms with E-state index >= 15 is 0 Å². The van der Waals surface area contributed by atoms with E-state index in [1.54, 1.807) is 6.07 Å². The predicted molar refractivity (Wildman–Crippen MR) is 106 cm³/mol. The summed E-state index contributed by atoms with van der Waals surface area (Å²) < 4.78 is 15.4. The number of benzene rings is 3. The van der Waals surface area contributed by atoms with Gasteiger partial charge < -0.3 is 4.57 Å². The van der Waals surface area contributed by atoms with Gasteiger partial charge in [-0.2, -0.15) is 0 Å². The lowest BCUT2D eigenvalue weighted by Gasteiger charge is -2.16. The fourth-order valence-electron chi connectivity index (χ4n) is 2.80. The first kappa shape index (κ1) is 16.6. The van der Waals surface area contributed by atoms with Crippen LogP contribution in [0, 0.1) is 10.1 Å². The van der Waals surface area contributed by atoms with Gasteiger partial charge in [-0.3, -0.25) is 10.1 Å². The van der Waals surface area contributed by atoms with Gasteiger partial charge in [0, 0.05) is 22.7 Å². The zero-order valence-corrected chi connectivity index (χ0v) is 15.2. The van der Waals surface area contributed by atoms with Crippen molar-refractivity contribution in [3.05, 3.63) is 89.0 Å². The molecule has 0 unspecified atom stereocenters. The third-order valence-electron chi connectivity index (χ3n) is 4.08. The number of thiazole rings is 1. The van der Waals surface area contributed by atoms with Crippen LogP contribution in [0.25, 0.3) is 10.2 Å². The Morgan fingerprint density at radius 1 is 0.885 bits per heavy atom. The summed E-state index contributed by atoms with van der Waals surface area (Å²) in [7, 11) is -3.15. The third-order valence-corrected chi connectivity index (χ3v) is 8.64. The Labute approximate surface area is 153 Å². The molecule has 4 rings (SSSR count). The lowest BCUT2D eigenvalue weighted by molar-refractivity contribution is -0.384. The first-order valence-electron chi connectivity index (χ1n) is 7.86. The van der Waals surface area contributed by atoms with Crippen molar-refractivity contribution in [2.75, 3.05) is 0 Å². The highest BCUT2D eigenvalue weighted by Crippen LogP contribution is 2.44. The molecule has 0 bridgehead atoms. The highest BCUT2D eigenvalue weighted by Gasteiger charge is 2.33. The van der Waals surface area contributed by atoms with Crippen LogP contribution in [0.2, 0.25) is 0 Å². The molecule has 128 valence electrons. The minimum atomic E-state index is -3.15. The van der Waals surface area contributed by atoms with E-state index in [2.05, 4.69) is 4.98 Å². The Hall–Kier alpha value is -2.82. The molecule has 0 atom stereocenters. The highest BCUT2D eigenvalue weighted by atomic mass is 32.1. The van der Waals surface area contributed by atoms with Gasteiger partial charge in [0.25, 0.3) is 5.69 Å². The van der Waals surface area contributed by atoms with Crippen molar-refractivity contribution in [3.8, 4) is 0 Å². The quantitative estimate of drug-likeness (QED) is 0.306. The van der Waals surface area contributed by atoms with Gasteiger partial charge in [-0.1, -0.05) is 60.7 Å². The summed E-state index contributed by atoms with van der Waals surface area (Å²) in [6, 6.07) is 23.0. The summed E-state index contributed by atoms with van der Waals surface area (Å²) in [5.41, 5.74) is 0.615. The van der Waals surface area contributed by atoms with Crippen LogP contribution in [0.4, 0.5) is 5.69 Å². The van der Waals surface area contributed by atoms with Crippen molar-refractivity contribution in [1.29, 1.82) is 0 Å². The minimum Gasteiger partial charge on any atom is -0.306 e. The molecule has 0 aliphatic heterocycles. The van der Waals surface area contributed by atoms with E-state index in [1.165, 1.54) is 23.5 Å². The SMILES string of the molecule is O=[N+]([O-])c1ccc2nc(P(=O)(c3ccccc3)c3ccccc3)sc2c1. The molecule has 0 amide bonds. The molecular weight excluding hydrogens is 367 g/mol. The van der Waals surface area contributed by atoms with E-state index < -0.39 is 12.1 Å². The molecule has 0 fully saturated rings. The van der Waals surface area contributed by atoms with Gasteiger partial charge in [0.1, 0.15) is 0 Å². The van der Waals surface area contributed by atoms with Gasteiger partial charge in [0.15, 0.2) is 11.9 Å². The largest absolute Gasteiger partial charge is 0.306 e. The third kappa shape index (κ3) is 2.73. The Morgan fingerprint density at radius 2 is 1.46 bits per heavy atom. The fourth-order valence-corrected chi connectivity index (χ4v) is 7.15. The van der Waals surface area contributed by atoms with Crippen molar-refractivity contribution >= 4 is 49.7 Å². The number of nitrogens with zero attached hydrogens (tertiary/aromatic N) is 2. The minimum absolute atomic E-state index is 0.00181. The normalized spacial score (nSPS) is 11.5. The van der Waals surface area contributed by atoms with Gasteiger partial charge in [0.05, 0.1) is 15.1 Å². The molecule has 1 aromatic heterocycles. The number of hydrogen-bond acceptors (Lipinski definition) is 5. The number of rotatable bonds is 4. The maximum atomic E-state index is 14.2. The predicted octanol–water partition coefficient (Wildman–Crippen LogP) is 3.84. The van der Waals surface area contributed by atoms with E-state index in [0.717, 1.165) is 0 Å². The van der Waals surface area contributed by atoms with Gasteiger partial charge in [-0.25, -0.2) is 4.98 Å². The topological polar surface area (TPSA) is 73.1 Å². The highest BCUT2D eigenvalue weighted by molar-refractivity contribution is 7.89. The number of hydrogen-bond donors (Lipinski definition) is 0. The number of nitro benzene ring substituents is 1. The molecule has 7 heteroatoms. The smallest absolute Gasteiger partial charge is 0.270 e. The van der Waals surface area contributed by atoms with Crippen molar-refractivity contribution in [2.24, 2.45) is 0 Å². The van der Waals surface area contributed by atoms with Gasteiger partial charge >= 0.3 is 0 Å². The number of nitro groups is 1. The first-order valence-corrected chi connectivity index (χ1v) is 10.4. The van der Waals surface area contributed by atoms with Gasteiger partial charge in [-0.05, 0) is 6.07 Å². The molecular formula is C19H13N2O3PS. The molecule has 26 heavy (non-hydrogen) atoms. The van der Waals surface area contributed by atoms with Crippen LogP contribution in [0.15, 0.2) is 78.9 Å². The summed E-state index contributed by atoms with van der Waals surface area (Å²) in [6.07, 6.45) is 0. The number of aromatic nitrogens is 1. The summed E-state index contributed by atoms with van der Waals surface area (Å²) in [5.74, 6) is 0. The van der Waals surface area contributed by atoms with Crippen LogP contribution in [-0.4, -0.2) is 9.91 Å². The number of fused-ring (bicyclic) bond motifs is 1. The molecule has 1 heterocycles. The van der Waals surface area contributed by atoms with E-state index in [1.807, 2.05) is 60.7 Å². The van der Waals surface area contributed by atoms with Crippen LogP contribution in [0.3, 0.4) is 0 Å². The standard InChI is InChI=1S/C19H13N2O3PS/c22-21(23)14-11-12-17-18(13-14)26-19(20-17)25(24,15-7-3-1-4-8-15)16-9-5-2-6-10-16/h1-13H. The van der Waals surface area contributed by atoms with Crippen LogP contribution in [0.5, 0.6) is 0 Å². The first-order chi connectivity index (χ1) is 12.6. The van der Waals surface area contributed by atoms with Crippen molar-refractivity contribution in [2.45, 2.75) is 0 Å². The lowest BCUT2D eigenvalue weighted by atomic mass is 10.3. The van der Waals surface area contributed by atoms with Crippen molar-refractivity contribution < 1.29 is 9.49 Å². The van der Waals surface area contributed by atoms with E-state index in [4.69, 9.17) is 0 Å². The van der Waals surface area contributed by atoms with Gasteiger partial charge in [0.2, 0.25) is 0 Å². The molecule has 0 aliphatic carbocycles. The molecule has 0 saturated heterocycles. The van der Waals surface area contributed by atoms with Crippen LogP contribution in [0.1, 0.15) is 0 Å². The second kappa shape index (κ2) is 6.48. The Balaban J connectivity index is 1.97. The van der Waals surface area contributed by atoms with E-state index in [0.29, 0.717) is 25.6 Å². The molecule has 0 radical (unpaired) electrons. The monoisotopic (exact) mass is 380 g/mol. The van der Waals surface area contributed by atoms with E-state index in [-0.39, 0.29) is 5.69 Å². The average Bonchev–Trinajstić information content (AvgIpc) is 3.12. The number of non-ortho nitro benzene ring substituents is 1. The molecule has 4 aromatic rings. The van der Waals surface area contributed by atoms with Crippen LogP contribution in [-0.2, 0) is 4.57 Å². The van der Waals surface area contributed by atoms with Crippen LogP contribution >= 0.6 is 18.5 Å². The molecule has 5 nitrogen and oxygen atoms in total.